The van der Waals surface area contributed by atoms with Gasteiger partial charge in [0.15, 0.2) is 0 Å². The summed E-state index contributed by atoms with van der Waals surface area (Å²) in [5, 5.41) is 0. The van der Waals surface area contributed by atoms with Crippen molar-refractivity contribution in [1.82, 2.24) is 0 Å². The van der Waals surface area contributed by atoms with Gasteiger partial charge in [-0.25, -0.2) is 0 Å². The Morgan fingerprint density at radius 3 is 1.38 bits per heavy atom. The molecule has 2 atom stereocenters. The molecule has 0 rings (SSSR count). The van der Waals surface area contributed by atoms with Gasteiger partial charge in [0.2, 0.25) is 12.6 Å². The average Bonchev–Trinajstić information content (AvgIpc) is 2.31. The summed E-state index contributed by atoms with van der Waals surface area (Å²) < 4.78 is 21.5. The van der Waals surface area contributed by atoms with Crippen LogP contribution in [0, 0.1) is 0 Å². The highest BCUT2D eigenvalue weighted by Crippen LogP contribution is 2.08. The van der Waals surface area contributed by atoms with E-state index in [-0.39, 0.29) is 0 Å². The van der Waals surface area contributed by atoms with Crippen LogP contribution in [0.15, 0.2) is 0 Å². The van der Waals surface area contributed by atoms with Crippen molar-refractivity contribution in [3.05, 3.63) is 0 Å². The van der Waals surface area contributed by atoms with Crippen LogP contribution >= 0.6 is 0 Å². The zero-order valence-electron chi connectivity index (χ0n) is 11.0. The van der Waals surface area contributed by atoms with Gasteiger partial charge in [0, 0.05) is 27.4 Å². The van der Waals surface area contributed by atoms with Gasteiger partial charge in [-0.1, -0.05) is 26.7 Å². The molecule has 0 aliphatic carbocycles. The second-order valence-corrected chi connectivity index (χ2v) is 3.66. The predicted molar refractivity (Wildman–Crippen MR) is 63.3 cm³/mol. The Labute approximate surface area is 99.2 Å². The minimum atomic E-state index is -0.437. The highest BCUT2D eigenvalue weighted by molar-refractivity contribution is 4.51. The van der Waals surface area contributed by atoms with Crippen molar-refractivity contribution < 1.29 is 18.9 Å². The van der Waals surface area contributed by atoms with E-state index in [0.29, 0.717) is 13.2 Å². The zero-order valence-corrected chi connectivity index (χ0v) is 11.0. The molecule has 0 saturated carbocycles. The van der Waals surface area contributed by atoms with E-state index in [1.165, 1.54) is 0 Å². The van der Waals surface area contributed by atoms with Crippen LogP contribution in [0.4, 0.5) is 0 Å². The van der Waals surface area contributed by atoms with Gasteiger partial charge >= 0.3 is 0 Å². The summed E-state index contributed by atoms with van der Waals surface area (Å²) in [7, 11) is 3.21. The number of hydrogen-bond donors (Lipinski definition) is 0. The zero-order chi connectivity index (χ0) is 12.2. The lowest BCUT2D eigenvalue weighted by Crippen LogP contribution is -2.35. The molecule has 0 heterocycles. The molecule has 2 unspecified atom stereocenters. The van der Waals surface area contributed by atoms with Crippen molar-refractivity contribution in [2.45, 2.75) is 52.1 Å². The van der Waals surface area contributed by atoms with Gasteiger partial charge in [-0.15, -0.1) is 0 Å². The first kappa shape index (κ1) is 15.8. The van der Waals surface area contributed by atoms with E-state index in [0.717, 1.165) is 25.7 Å². The summed E-state index contributed by atoms with van der Waals surface area (Å²) in [6.07, 6.45) is 3.37. The molecular formula is C12H26O4. The first-order valence-electron chi connectivity index (χ1n) is 6.08. The van der Waals surface area contributed by atoms with E-state index in [1.54, 1.807) is 14.2 Å². The quantitative estimate of drug-likeness (QED) is 0.407. The highest BCUT2D eigenvalue weighted by Gasteiger charge is 2.21. The molecule has 0 aliphatic rings. The number of rotatable bonds is 11. The molecule has 0 N–H and O–H groups in total. The maximum Gasteiger partial charge on any atom is 0.209 e. The van der Waals surface area contributed by atoms with Crippen LogP contribution in [0.5, 0.6) is 0 Å². The topological polar surface area (TPSA) is 36.9 Å². The summed E-state index contributed by atoms with van der Waals surface area (Å²) in [5.41, 5.74) is 0. The van der Waals surface area contributed by atoms with E-state index in [1.807, 2.05) is 0 Å². The fourth-order valence-corrected chi connectivity index (χ4v) is 1.20. The minimum absolute atomic E-state index is 0.437. The molecule has 0 spiro atoms. The monoisotopic (exact) mass is 234 g/mol. The van der Waals surface area contributed by atoms with E-state index in [2.05, 4.69) is 13.8 Å². The molecule has 0 aromatic rings. The molecule has 4 nitrogen and oxygen atoms in total. The van der Waals surface area contributed by atoms with Crippen molar-refractivity contribution in [2.24, 2.45) is 0 Å². The van der Waals surface area contributed by atoms with Gasteiger partial charge in [0.05, 0.1) is 0 Å². The largest absolute Gasteiger partial charge is 0.351 e. The number of unbranched alkanes of at least 4 members (excludes halogenated alkanes) is 2. The van der Waals surface area contributed by atoms with Gasteiger partial charge in [0.1, 0.15) is 0 Å². The second-order valence-electron chi connectivity index (χ2n) is 3.66. The smallest absolute Gasteiger partial charge is 0.209 e. The maximum atomic E-state index is 5.54. The van der Waals surface area contributed by atoms with Gasteiger partial charge in [-0.3, -0.25) is 0 Å². The third-order valence-corrected chi connectivity index (χ3v) is 2.25. The molecular weight excluding hydrogens is 208 g/mol. The van der Waals surface area contributed by atoms with Crippen LogP contribution < -0.4 is 0 Å². The van der Waals surface area contributed by atoms with Crippen molar-refractivity contribution in [2.75, 3.05) is 27.4 Å². The van der Waals surface area contributed by atoms with Gasteiger partial charge in [0.25, 0.3) is 0 Å². The fourth-order valence-electron chi connectivity index (χ4n) is 1.20. The van der Waals surface area contributed by atoms with Crippen molar-refractivity contribution in [3.8, 4) is 0 Å². The van der Waals surface area contributed by atoms with E-state index in [4.69, 9.17) is 18.9 Å². The molecule has 0 radical (unpaired) electrons. The highest BCUT2D eigenvalue weighted by atomic mass is 16.8. The van der Waals surface area contributed by atoms with Gasteiger partial charge in [-0.05, 0) is 12.8 Å². The van der Waals surface area contributed by atoms with Gasteiger partial charge in [-0.2, -0.15) is 0 Å². The molecule has 0 fully saturated rings. The third-order valence-electron chi connectivity index (χ3n) is 2.25. The second kappa shape index (κ2) is 11.3. The summed E-state index contributed by atoms with van der Waals surface area (Å²) in [4.78, 5) is 0. The Hall–Kier alpha value is -0.160. The Balaban J connectivity index is 3.85. The normalized spacial score (nSPS) is 15.0. The third kappa shape index (κ3) is 7.17. The lowest BCUT2D eigenvalue weighted by atomic mass is 10.3. The van der Waals surface area contributed by atoms with Crippen LogP contribution in [0.2, 0.25) is 0 Å². The molecule has 0 amide bonds. The van der Waals surface area contributed by atoms with Crippen LogP contribution in [0.25, 0.3) is 0 Å². The molecule has 0 bridgehead atoms. The van der Waals surface area contributed by atoms with Crippen LogP contribution in [-0.4, -0.2) is 40.0 Å². The number of hydrogen-bond acceptors (Lipinski definition) is 4. The standard InChI is InChI=1S/C12H26O4/c1-5-7-9-15-11(13-3)12(14-4)16-10-8-6-2/h11-12H,5-10H2,1-4H3. The lowest BCUT2D eigenvalue weighted by molar-refractivity contribution is -0.271. The summed E-state index contributed by atoms with van der Waals surface area (Å²) in [5.74, 6) is 0. The Morgan fingerprint density at radius 1 is 0.750 bits per heavy atom. The molecule has 16 heavy (non-hydrogen) atoms. The predicted octanol–water partition coefficient (Wildman–Crippen LogP) is 2.56. The summed E-state index contributed by atoms with van der Waals surface area (Å²) >= 11 is 0. The summed E-state index contributed by atoms with van der Waals surface area (Å²) in [6.45, 7) is 5.59. The summed E-state index contributed by atoms with van der Waals surface area (Å²) in [6, 6.07) is 0. The average molecular weight is 234 g/mol. The molecule has 98 valence electrons. The molecule has 4 heteroatoms. The Morgan fingerprint density at radius 2 is 1.12 bits per heavy atom. The SMILES string of the molecule is CCCCOC(OC)C(OC)OCCCC. The van der Waals surface area contributed by atoms with Crippen LogP contribution in [0.1, 0.15) is 39.5 Å². The molecule has 0 aliphatic heterocycles. The van der Waals surface area contributed by atoms with Crippen molar-refractivity contribution in [3.63, 3.8) is 0 Å². The first-order valence-corrected chi connectivity index (χ1v) is 6.08. The Kier molecular flexibility index (Phi) is 11.2. The number of ether oxygens (including phenoxy) is 4. The van der Waals surface area contributed by atoms with Crippen molar-refractivity contribution >= 4 is 0 Å². The number of methoxy groups -OCH3 is 2. The van der Waals surface area contributed by atoms with Gasteiger partial charge < -0.3 is 18.9 Å². The van der Waals surface area contributed by atoms with E-state index >= 15 is 0 Å². The molecule has 0 saturated heterocycles. The van der Waals surface area contributed by atoms with E-state index in [9.17, 15) is 0 Å². The lowest BCUT2D eigenvalue weighted by Gasteiger charge is -2.24. The van der Waals surface area contributed by atoms with Crippen LogP contribution in [0.3, 0.4) is 0 Å². The minimum Gasteiger partial charge on any atom is -0.351 e. The maximum absolute atomic E-state index is 5.54. The fraction of sp³-hybridized carbons (Fsp3) is 1.00. The van der Waals surface area contributed by atoms with Crippen LogP contribution in [-0.2, 0) is 18.9 Å². The first-order chi connectivity index (χ1) is 7.79. The molecule has 0 aromatic heterocycles. The Bertz CT molecular complexity index is 125. The van der Waals surface area contributed by atoms with Crippen molar-refractivity contribution in [1.29, 1.82) is 0 Å². The van der Waals surface area contributed by atoms with E-state index < -0.39 is 12.6 Å². The molecule has 0 aromatic carbocycles.